The van der Waals surface area contributed by atoms with Crippen LogP contribution in [0.2, 0.25) is 0 Å². The molecule has 0 radical (unpaired) electrons. The maximum Gasteiger partial charge on any atom is 0.434 e. The molecule has 1 aromatic heterocycles. The summed E-state index contributed by atoms with van der Waals surface area (Å²) >= 11 is 1.02. The Labute approximate surface area is 89.3 Å². The Morgan fingerprint density at radius 1 is 1.47 bits per heavy atom. The predicted molar refractivity (Wildman–Crippen MR) is 50.6 cm³/mol. The molecule has 1 aromatic rings. The van der Waals surface area contributed by atoms with Crippen LogP contribution in [0.3, 0.4) is 0 Å². The van der Waals surface area contributed by atoms with Crippen LogP contribution >= 0.6 is 11.3 Å². The zero-order valence-corrected chi connectivity index (χ0v) is 9.13. The van der Waals surface area contributed by atoms with Crippen molar-refractivity contribution in [2.75, 3.05) is 14.2 Å². The van der Waals surface area contributed by atoms with Gasteiger partial charge in [0.05, 0.1) is 11.5 Å². The van der Waals surface area contributed by atoms with E-state index in [1.54, 1.807) is 7.05 Å². The van der Waals surface area contributed by atoms with Crippen molar-refractivity contribution in [3.05, 3.63) is 15.6 Å². The molecule has 0 fully saturated rings. The van der Waals surface area contributed by atoms with Gasteiger partial charge >= 0.3 is 6.18 Å². The molecule has 0 aliphatic heterocycles. The van der Waals surface area contributed by atoms with E-state index in [1.807, 2.05) is 0 Å². The summed E-state index contributed by atoms with van der Waals surface area (Å²) in [6, 6.07) is 0. The van der Waals surface area contributed by atoms with Crippen LogP contribution in [0.25, 0.3) is 0 Å². The van der Waals surface area contributed by atoms with Gasteiger partial charge in [0.2, 0.25) is 0 Å². The molecule has 7 heteroatoms. The summed E-state index contributed by atoms with van der Waals surface area (Å²) in [7, 11) is 3.02. The average Bonchev–Trinajstić information content (AvgIpc) is 2.49. The van der Waals surface area contributed by atoms with Gasteiger partial charge in [0, 0.05) is 13.7 Å². The van der Waals surface area contributed by atoms with Crippen LogP contribution < -0.4 is 5.32 Å². The number of nitrogens with one attached hydrogen (secondary N) is 1. The summed E-state index contributed by atoms with van der Waals surface area (Å²) in [5.74, 6) is 0. The number of thiazole rings is 1. The molecule has 0 saturated heterocycles. The molecule has 3 nitrogen and oxygen atoms in total. The van der Waals surface area contributed by atoms with Crippen molar-refractivity contribution < 1.29 is 17.9 Å². The van der Waals surface area contributed by atoms with E-state index in [1.165, 1.54) is 7.11 Å². The van der Waals surface area contributed by atoms with Crippen molar-refractivity contribution in [3.63, 3.8) is 0 Å². The van der Waals surface area contributed by atoms with Crippen molar-refractivity contribution in [3.8, 4) is 0 Å². The number of rotatable bonds is 4. The molecule has 86 valence electrons. The fraction of sp³-hybridized carbons (Fsp3) is 0.625. The highest BCUT2D eigenvalue weighted by Crippen LogP contribution is 2.34. The molecule has 0 atom stereocenters. The summed E-state index contributed by atoms with van der Waals surface area (Å²) in [5, 5.41) is 3.02. The average molecular weight is 240 g/mol. The Morgan fingerprint density at radius 2 is 2.13 bits per heavy atom. The second kappa shape index (κ2) is 4.91. The molecule has 0 aromatic carbocycles. The van der Waals surface area contributed by atoms with Crippen molar-refractivity contribution in [2.24, 2.45) is 0 Å². The van der Waals surface area contributed by atoms with E-state index in [0.717, 1.165) is 11.3 Å². The summed E-state index contributed by atoms with van der Waals surface area (Å²) in [5.41, 5.74) is -0.811. The number of aromatic nitrogens is 1. The van der Waals surface area contributed by atoms with E-state index >= 15 is 0 Å². The standard InChI is InChI=1S/C8H11F3N2OS/c1-12-3-5-7(8(9,10)11)13-6(15-5)4-14-2/h12H,3-4H2,1-2H3. The van der Waals surface area contributed by atoms with Crippen molar-refractivity contribution in [2.45, 2.75) is 19.3 Å². The summed E-state index contributed by atoms with van der Waals surface area (Å²) in [6.07, 6.45) is -4.39. The van der Waals surface area contributed by atoms with Crippen LogP contribution in [0.15, 0.2) is 0 Å². The Hall–Kier alpha value is -0.660. The fourth-order valence-corrected chi connectivity index (χ4v) is 2.16. The summed E-state index contributed by atoms with van der Waals surface area (Å²) < 4.78 is 42.2. The Morgan fingerprint density at radius 3 is 2.60 bits per heavy atom. The minimum atomic E-state index is -4.39. The predicted octanol–water partition coefficient (Wildman–Crippen LogP) is 2.03. The second-order valence-corrected chi connectivity index (χ2v) is 4.01. The van der Waals surface area contributed by atoms with Crippen molar-refractivity contribution in [1.82, 2.24) is 10.3 Å². The van der Waals surface area contributed by atoms with E-state index in [-0.39, 0.29) is 18.0 Å². The first-order chi connectivity index (χ1) is 6.99. The number of ether oxygens (including phenoxy) is 1. The molecule has 1 heterocycles. The highest BCUT2D eigenvalue weighted by molar-refractivity contribution is 7.11. The molecule has 0 aliphatic carbocycles. The SMILES string of the molecule is CNCc1sc(COC)nc1C(F)(F)F. The van der Waals surface area contributed by atoms with Gasteiger partial charge in [-0.1, -0.05) is 0 Å². The molecular weight excluding hydrogens is 229 g/mol. The quantitative estimate of drug-likeness (QED) is 0.874. The highest BCUT2D eigenvalue weighted by Gasteiger charge is 2.37. The molecule has 1 N–H and O–H groups in total. The third-order valence-electron chi connectivity index (χ3n) is 1.62. The zero-order valence-electron chi connectivity index (χ0n) is 8.31. The minimum absolute atomic E-state index is 0.109. The Bertz CT molecular complexity index is 324. The summed E-state index contributed by atoms with van der Waals surface area (Å²) in [4.78, 5) is 3.71. The lowest BCUT2D eigenvalue weighted by Gasteiger charge is -2.04. The lowest BCUT2D eigenvalue weighted by Crippen LogP contribution is -2.12. The fourth-order valence-electron chi connectivity index (χ4n) is 1.09. The van der Waals surface area contributed by atoms with Gasteiger partial charge in [-0.25, -0.2) is 4.98 Å². The van der Waals surface area contributed by atoms with Gasteiger partial charge in [-0.15, -0.1) is 11.3 Å². The number of nitrogens with zero attached hydrogens (tertiary/aromatic N) is 1. The number of methoxy groups -OCH3 is 1. The van der Waals surface area contributed by atoms with E-state index in [2.05, 4.69) is 10.3 Å². The van der Waals surface area contributed by atoms with Gasteiger partial charge < -0.3 is 10.1 Å². The van der Waals surface area contributed by atoms with Gasteiger partial charge in [-0.3, -0.25) is 0 Å². The monoisotopic (exact) mass is 240 g/mol. The van der Waals surface area contributed by atoms with E-state index in [0.29, 0.717) is 5.01 Å². The van der Waals surface area contributed by atoms with Crippen LogP contribution in [0, 0.1) is 0 Å². The van der Waals surface area contributed by atoms with Gasteiger partial charge in [-0.2, -0.15) is 13.2 Å². The molecule has 1 rings (SSSR count). The number of hydrogen-bond donors (Lipinski definition) is 1. The molecule has 0 bridgehead atoms. The number of alkyl halides is 3. The molecule has 0 aliphatic rings. The lowest BCUT2D eigenvalue weighted by molar-refractivity contribution is -0.141. The van der Waals surface area contributed by atoms with E-state index in [9.17, 15) is 13.2 Å². The number of halogens is 3. The first-order valence-corrected chi connectivity index (χ1v) is 5.00. The molecular formula is C8H11F3N2OS. The van der Waals surface area contributed by atoms with Crippen molar-refractivity contribution >= 4 is 11.3 Å². The van der Waals surface area contributed by atoms with Gasteiger partial charge in [0.25, 0.3) is 0 Å². The second-order valence-electron chi connectivity index (χ2n) is 2.84. The van der Waals surface area contributed by atoms with Gasteiger partial charge in [-0.05, 0) is 7.05 Å². The zero-order chi connectivity index (χ0) is 11.5. The normalized spacial score (nSPS) is 12.1. The van der Waals surface area contributed by atoms with Crippen LogP contribution in [-0.4, -0.2) is 19.1 Å². The highest BCUT2D eigenvalue weighted by atomic mass is 32.1. The smallest absolute Gasteiger partial charge is 0.378 e. The largest absolute Gasteiger partial charge is 0.434 e. The minimum Gasteiger partial charge on any atom is -0.378 e. The molecule has 0 saturated carbocycles. The maximum atomic E-state index is 12.5. The van der Waals surface area contributed by atoms with Gasteiger partial charge in [0.1, 0.15) is 5.01 Å². The molecule has 15 heavy (non-hydrogen) atoms. The van der Waals surface area contributed by atoms with Crippen molar-refractivity contribution in [1.29, 1.82) is 0 Å². The molecule has 0 spiro atoms. The van der Waals surface area contributed by atoms with E-state index < -0.39 is 11.9 Å². The Kier molecular flexibility index (Phi) is 4.06. The van der Waals surface area contributed by atoms with Gasteiger partial charge in [0.15, 0.2) is 5.69 Å². The summed E-state index contributed by atoms with van der Waals surface area (Å²) in [6.45, 7) is 0.272. The Balaban J connectivity index is 3.00. The third kappa shape index (κ3) is 3.15. The first-order valence-electron chi connectivity index (χ1n) is 4.18. The first kappa shape index (κ1) is 12.4. The van der Waals surface area contributed by atoms with Crippen LogP contribution in [0.4, 0.5) is 13.2 Å². The number of hydrogen-bond acceptors (Lipinski definition) is 4. The molecule has 0 unspecified atom stereocenters. The van der Waals surface area contributed by atoms with Crippen LogP contribution in [-0.2, 0) is 24.1 Å². The third-order valence-corrected chi connectivity index (χ3v) is 2.64. The lowest BCUT2D eigenvalue weighted by atomic mass is 10.3. The van der Waals surface area contributed by atoms with Crippen LogP contribution in [0.1, 0.15) is 15.6 Å². The topological polar surface area (TPSA) is 34.1 Å². The molecule has 0 amide bonds. The van der Waals surface area contributed by atoms with E-state index in [4.69, 9.17) is 4.74 Å². The maximum absolute atomic E-state index is 12.5. The van der Waals surface area contributed by atoms with Crippen LogP contribution in [0.5, 0.6) is 0 Å².